The standard InChI is InChI=1S/C54H38/c1-4-15-37(16-5-1)38-27-29-39(30-28-38)43-21-14-22-44(35-43)53-46(40-17-6-2-7-18-40)34-33-41-31-32-45(36-51(41)53)54-49-25-12-10-23-47(49)52(42-19-8-3-9-20-42)48-24-11-13-26-50(48)54/h2-4,6-36H,1,5H2. The molecule has 0 bridgehead atoms. The Morgan fingerprint density at radius 2 is 0.815 bits per heavy atom. The second kappa shape index (κ2) is 13.7. The number of hydrogen-bond acceptors (Lipinski definition) is 0. The molecule has 1 aliphatic carbocycles. The third-order valence-corrected chi connectivity index (χ3v) is 11.1. The Morgan fingerprint density at radius 1 is 0.296 bits per heavy atom. The molecule has 254 valence electrons. The monoisotopic (exact) mass is 686 g/mol. The van der Waals surface area contributed by atoms with E-state index in [4.69, 9.17) is 0 Å². The second-order valence-corrected chi connectivity index (χ2v) is 14.3. The number of allylic oxidation sites excluding steroid dienone is 4. The zero-order valence-corrected chi connectivity index (χ0v) is 30.0. The summed E-state index contributed by atoms with van der Waals surface area (Å²) in [5.41, 5.74) is 15.0. The first kappa shape index (κ1) is 31.9. The van der Waals surface area contributed by atoms with Gasteiger partial charge < -0.3 is 0 Å². The molecular formula is C54H38. The van der Waals surface area contributed by atoms with Crippen LogP contribution in [0.1, 0.15) is 18.4 Å². The Morgan fingerprint density at radius 3 is 1.46 bits per heavy atom. The molecule has 10 rings (SSSR count). The summed E-state index contributed by atoms with van der Waals surface area (Å²) >= 11 is 0. The van der Waals surface area contributed by atoms with Crippen molar-refractivity contribution >= 4 is 37.9 Å². The highest BCUT2D eigenvalue weighted by molar-refractivity contribution is 6.22. The van der Waals surface area contributed by atoms with Crippen molar-refractivity contribution in [2.45, 2.75) is 12.8 Å². The Hall–Kier alpha value is -6.76. The third kappa shape index (κ3) is 5.65. The van der Waals surface area contributed by atoms with E-state index in [2.05, 4.69) is 206 Å². The van der Waals surface area contributed by atoms with Crippen molar-refractivity contribution in [3.05, 3.63) is 212 Å². The molecule has 9 aromatic carbocycles. The molecule has 0 amide bonds. The van der Waals surface area contributed by atoms with Crippen molar-refractivity contribution in [1.82, 2.24) is 0 Å². The van der Waals surface area contributed by atoms with E-state index in [0.717, 1.165) is 12.8 Å². The van der Waals surface area contributed by atoms with E-state index in [0.29, 0.717) is 0 Å². The van der Waals surface area contributed by atoms with Crippen LogP contribution in [0.25, 0.3) is 93.5 Å². The SMILES string of the molecule is C1=CC(c2ccc(-c3cccc(-c4c(-c5ccccc5)ccc5ccc(-c6c7ccccc7c(-c7ccccc7)c7ccccc67)cc45)c3)cc2)=CCC1. The maximum atomic E-state index is 2.44. The fourth-order valence-corrected chi connectivity index (χ4v) is 8.54. The van der Waals surface area contributed by atoms with Gasteiger partial charge in [0.05, 0.1) is 0 Å². The van der Waals surface area contributed by atoms with E-state index in [-0.39, 0.29) is 0 Å². The zero-order valence-electron chi connectivity index (χ0n) is 30.0. The molecule has 0 unspecified atom stereocenters. The second-order valence-electron chi connectivity index (χ2n) is 14.3. The molecule has 0 atom stereocenters. The van der Waals surface area contributed by atoms with Crippen LogP contribution in [0.4, 0.5) is 0 Å². The molecule has 54 heavy (non-hydrogen) atoms. The van der Waals surface area contributed by atoms with Gasteiger partial charge in [0.1, 0.15) is 0 Å². The van der Waals surface area contributed by atoms with E-state index < -0.39 is 0 Å². The Bertz CT molecular complexity index is 2830. The summed E-state index contributed by atoms with van der Waals surface area (Å²) in [6.45, 7) is 0. The molecule has 0 nitrogen and oxygen atoms in total. The van der Waals surface area contributed by atoms with Gasteiger partial charge in [-0.1, -0.05) is 194 Å². The van der Waals surface area contributed by atoms with Crippen molar-refractivity contribution in [2.75, 3.05) is 0 Å². The Balaban J connectivity index is 1.19. The van der Waals surface area contributed by atoms with Crippen LogP contribution in [0.5, 0.6) is 0 Å². The van der Waals surface area contributed by atoms with E-state index in [9.17, 15) is 0 Å². The molecule has 0 heteroatoms. The number of hydrogen-bond donors (Lipinski definition) is 0. The third-order valence-electron chi connectivity index (χ3n) is 11.1. The van der Waals surface area contributed by atoms with Crippen LogP contribution < -0.4 is 0 Å². The van der Waals surface area contributed by atoms with Crippen molar-refractivity contribution in [3.8, 4) is 55.6 Å². The minimum Gasteiger partial charge on any atom is -0.0836 e. The summed E-state index contributed by atoms with van der Waals surface area (Å²) in [5.74, 6) is 0. The van der Waals surface area contributed by atoms with Crippen molar-refractivity contribution in [1.29, 1.82) is 0 Å². The van der Waals surface area contributed by atoms with Gasteiger partial charge in [0, 0.05) is 0 Å². The Labute approximate surface area is 317 Å². The molecule has 0 N–H and O–H groups in total. The highest BCUT2D eigenvalue weighted by atomic mass is 14.2. The van der Waals surface area contributed by atoms with Gasteiger partial charge in [0.15, 0.2) is 0 Å². The minimum atomic E-state index is 1.11. The van der Waals surface area contributed by atoms with E-state index in [1.165, 1.54) is 99.1 Å². The average molecular weight is 687 g/mol. The first-order valence-corrected chi connectivity index (χ1v) is 19.0. The molecule has 0 radical (unpaired) electrons. The number of fused-ring (bicyclic) bond motifs is 3. The predicted molar refractivity (Wildman–Crippen MR) is 232 cm³/mol. The van der Waals surface area contributed by atoms with E-state index in [1.807, 2.05) is 0 Å². The lowest BCUT2D eigenvalue weighted by Gasteiger charge is -2.19. The van der Waals surface area contributed by atoms with Crippen LogP contribution in [0.2, 0.25) is 0 Å². The quantitative estimate of drug-likeness (QED) is 0.153. The highest BCUT2D eigenvalue weighted by Gasteiger charge is 2.19. The van der Waals surface area contributed by atoms with Crippen LogP contribution in [0.3, 0.4) is 0 Å². The van der Waals surface area contributed by atoms with Crippen molar-refractivity contribution in [3.63, 3.8) is 0 Å². The first-order chi connectivity index (χ1) is 26.8. The van der Waals surface area contributed by atoms with Gasteiger partial charge in [0.2, 0.25) is 0 Å². The molecular weight excluding hydrogens is 649 g/mol. The van der Waals surface area contributed by atoms with Gasteiger partial charge in [0.25, 0.3) is 0 Å². The Kier molecular flexibility index (Phi) is 8.08. The van der Waals surface area contributed by atoms with E-state index in [1.54, 1.807) is 0 Å². The lowest BCUT2D eigenvalue weighted by atomic mass is 9.84. The normalized spacial score (nSPS) is 12.7. The summed E-state index contributed by atoms with van der Waals surface area (Å²) in [7, 11) is 0. The van der Waals surface area contributed by atoms with Crippen molar-refractivity contribution < 1.29 is 0 Å². The van der Waals surface area contributed by atoms with Gasteiger partial charge in [-0.15, -0.1) is 0 Å². The minimum absolute atomic E-state index is 1.11. The van der Waals surface area contributed by atoms with Gasteiger partial charge in [-0.2, -0.15) is 0 Å². The van der Waals surface area contributed by atoms with Crippen LogP contribution >= 0.6 is 0 Å². The molecule has 9 aromatic rings. The smallest absolute Gasteiger partial charge is 0.00261 e. The van der Waals surface area contributed by atoms with Gasteiger partial charge in [-0.3, -0.25) is 0 Å². The predicted octanol–water partition coefficient (Wildman–Crippen LogP) is 15.2. The summed E-state index contributed by atoms with van der Waals surface area (Å²) in [5, 5.41) is 7.54. The van der Waals surface area contributed by atoms with Gasteiger partial charge >= 0.3 is 0 Å². The van der Waals surface area contributed by atoms with Crippen LogP contribution in [0, 0.1) is 0 Å². The maximum absolute atomic E-state index is 2.44. The van der Waals surface area contributed by atoms with Crippen LogP contribution in [0.15, 0.2) is 206 Å². The summed E-state index contributed by atoms with van der Waals surface area (Å²) in [6, 6.07) is 69.4. The molecule has 0 fully saturated rings. The van der Waals surface area contributed by atoms with E-state index >= 15 is 0 Å². The summed E-state index contributed by atoms with van der Waals surface area (Å²) < 4.78 is 0. The van der Waals surface area contributed by atoms with Crippen LogP contribution in [-0.4, -0.2) is 0 Å². The first-order valence-electron chi connectivity index (χ1n) is 19.0. The van der Waals surface area contributed by atoms with Crippen LogP contribution in [-0.2, 0) is 0 Å². The lowest BCUT2D eigenvalue weighted by Crippen LogP contribution is -1.92. The van der Waals surface area contributed by atoms with Gasteiger partial charge in [-0.25, -0.2) is 0 Å². The maximum Gasteiger partial charge on any atom is -0.00261 e. The van der Waals surface area contributed by atoms with Gasteiger partial charge in [-0.05, 0) is 124 Å². The fourth-order valence-electron chi connectivity index (χ4n) is 8.54. The molecule has 0 aromatic heterocycles. The zero-order chi connectivity index (χ0) is 35.8. The molecule has 0 spiro atoms. The lowest BCUT2D eigenvalue weighted by molar-refractivity contribution is 1.04. The molecule has 0 aliphatic heterocycles. The number of benzene rings is 9. The summed E-state index contributed by atoms with van der Waals surface area (Å²) in [6.07, 6.45) is 9.11. The molecule has 0 saturated heterocycles. The van der Waals surface area contributed by atoms with Crippen molar-refractivity contribution in [2.24, 2.45) is 0 Å². The highest BCUT2D eigenvalue weighted by Crippen LogP contribution is 2.46. The average Bonchev–Trinajstić information content (AvgIpc) is 3.26. The molecule has 0 saturated carbocycles. The molecule has 0 heterocycles. The fraction of sp³-hybridized carbons (Fsp3) is 0.0370. The largest absolute Gasteiger partial charge is 0.0836 e. The molecule has 1 aliphatic rings. The number of rotatable bonds is 6. The topological polar surface area (TPSA) is 0 Å². The summed E-state index contributed by atoms with van der Waals surface area (Å²) in [4.78, 5) is 0.